The number of rotatable bonds is 5. The SMILES string of the molecule is Fc1ccc2c(oc3c(-c4ccccn4)[c-]ccc32)c1-c1cccc(-c2ccc(-c3ccccc3)cc2)c1.[Ir].[c-]1ccccc1-c1ccccn1. The molecule has 0 N–H and O–H groups in total. The van der Waals surface area contributed by atoms with Gasteiger partial charge >= 0.3 is 0 Å². The number of nitrogens with zero attached hydrogens (tertiary/aromatic N) is 2. The minimum atomic E-state index is -0.323. The van der Waals surface area contributed by atoms with Crippen LogP contribution in [0.5, 0.6) is 0 Å². The van der Waals surface area contributed by atoms with Crippen LogP contribution < -0.4 is 0 Å². The smallest absolute Gasteiger partial charge is 0.134 e. The maximum absolute atomic E-state index is 15.5. The molecular weight excluding hydrogens is 808 g/mol. The Labute approximate surface area is 309 Å². The molecule has 1 radical (unpaired) electrons. The molecule has 0 spiro atoms. The van der Waals surface area contributed by atoms with Crippen LogP contribution in [0.4, 0.5) is 4.39 Å². The van der Waals surface area contributed by atoms with Gasteiger partial charge in [-0.05, 0) is 69.5 Å². The second-order valence-electron chi connectivity index (χ2n) is 11.7. The number of hydrogen-bond donors (Lipinski definition) is 0. The summed E-state index contributed by atoms with van der Waals surface area (Å²) in [5.74, 6) is -0.323. The van der Waals surface area contributed by atoms with Crippen molar-refractivity contribution >= 4 is 21.9 Å². The minimum absolute atomic E-state index is 0. The second-order valence-corrected chi connectivity index (χ2v) is 11.7. The molecule has 0 fully saturated rings. The van der Waals surface area contributed by atoms with Gasteiger partial charge in [0.05, 0.1) is 11.1 Å². The molecule has 0 bridgehead atoms. The van der Waals surface area contributed by atoms with E-state index in [1.807, 2.05) is 115 Å². The summed E-state index contributed by atoms with van der Waals surface area (Å²) in [5.41, 5.74) is 10.3. The number of furan rings is 1. The fraction of sp³-hybridized carbons (Fsp3) is 0. The first-order valence-corrected chi connectivity index (χ1v) is 16.3. The van der Waals surface area contributed by atoms with Crippen molar-refractivity contribution in [3.8, 4) is 55.9 Å². The van der Waals surface area contributed by atoms with E-state index in [9.17, 15) is 0 Å². The largest absolute Gasteiger partial charge is 0.500 e. The van der Waals surface area contributed by atoms with Gasteiger partial charge in [-0.25, -0.2) is 4.39 Å². The molecule has 9 rings (SSSR count). The van der Waals surface area contributed by atoms with Crippen LogP contribution in [-0.4, -0.2) is 9.97 Å². The number of hydrogen-bond acceptors (Lipinski definition) is 3. The molecule has 0 saturated heterocycles. The standard InChI is InChI=1S/C35H21FNO.C11H8N.Ir/c36-31-20-19-29-28-12-7-13-30(32-14-4-5-21-37-32)34(28)38-35(29)33(31)27-11-6-10-26(22-27)25-17-15-24(16-18-25)23-8-2-1-3-9-23;1-2-6-10(7-3-1)11-8-4-5-9-12-11;/h1-12,14-22H;1-6,8-9H;/q2*-1;. The Hall–Kier alpha value is -6.00. The van der Waals surface area contributed by atoms with Crippen LogP contribution >= 0.6 is 0 Å². The van der Waals surface area contributed by atoms with E-state index in [0.29, 0.717) is 16.7 Å². The molecular formula is C46H29FIrN2O-2. The molecule has 5 heteroatoms. The van der Waals surface area contributed by atoms with Gasteiger partial charge < -0.3 is 14.4 Å². The first-order valence-electron chi connectivity index (χ1n) is 16.3. The van der Waals surface area contributed by atoms with E-state index in [-0.39, 0.29) is 25.9 Å². The number of halogens is 1. The van der Waals surface area contributed by atoms with E-state index in [1.165, 1.54) is 11.6 Å². The van der Waals surface area contributed by atoms with Gasteiger partial charge in [0.15, 0.2) is 0 Å². The molecule has 0 aliphatic carbocycles. The van der Waals surface area contributed by atoms with E-state index in [2.05, 4.69) is 58.5 Å². The molecule has 51 heavy (non-hydrogen) atoms. The van der Waals surface area contributed by atoms with Gasteiger partial charge in [-0.15, -0.1) is 54.1 Å². The zero-order valence-electron chi connectivity index (χ0n) is 27.3. The average molecular weight is 837 g/mol. The van der Waals surface area contributed by atoms with E-state index >= 15 is 4.39 Å². The molecule has 0 saturated carbocycles. The molecule has 3 nitrogen and oxygen atoms in total. The monoisotopic (exact) mass is 837 g/mol. The molecule has 3 aromatic heterocycles. The Morgan fingerprint density at radius 3 is 1.80 bits per heavy atom. The first-order chi connectivity index (χ1) is 24.7. The number of pyridine rings is 2. The Morgan fingerprint density at radius 2 is 1.10 bits per heavy atom. The molecule has 0 amide bonds. The zero-order chi connectivity index (χ0) is 33.7. The summed E-state index contributed by atoms with van der Waals surface area (Å²) in [7, 11) is 0. The molecule has 0 unspecified atom stereocenters. The van der Waals surface area contributed by atoms with Crippen LogP contribution in [0.3, 0.4) is 0 Å². The third-order valence-corrected chi connectivity index (χ3v) is 8.60. The van der Waals surface area contributed by atoms with Crippen LogP contribution in [0, 0.1) is 17.9 Å². The quantitative estimate of drug-likeness (QED) is 0.162. The predicted molar refractivity (Wildman–Crippen MR) is 201 cm³/mol. The summed E-state index contributed by atoms with van der Waals surface area (Å²) in [6.45, 7) is 0. The molecule has 6 aromatic carbocycles. The van der Waals surface area contributed by atoms with Gasteiger partial charge in [0.1, 0.15) is 11.4 Å². The molecule has 0 aliphatic heterocycles. The van der Waals surface area contributed by atoms with Crippen molar-refractivity contribution in [3.05, 3.63) is 194 Å². The van der Waals surface area contributed by atoms with Gasteiger partial charge in [0.2, 0.25) is 0 Å². The normalized spacial score (nSPS) is 10.7. The van der Waals surface area contributed by atoms with Crippen molar-refractivity contribution < 1.29 is 28.9 Å². The van der Waals surface area contributed by atoms with Gasteiger partial charge in [0.25, 0.3) is 0 Å². The Morgan fingerprint density at radius 1 is 0.471 bits per heavy atom. The molecule has 247 valence electrons. The van der Waals surface area contributed by atoms with Crippen LogP contribution in [0.15, 0.2) is 181 Å². The Kier molecular flexibility index (Phi) is 10.0. The van der Waals surface area contributed by atoms with Gasteiger partial charge in [0, 0.05) is 37.9 Å². The van der Waals surface area contributed by atoms with Crippen molar-refractivity contribution in [3.63, 3.8) is 0 Å². The Bertz CT molecular complexity index is 2480. The maximum atomic E-state index is 15.5. The summed E-state index contributed by atoms with van der Waals surface area (Å²) in [6.07, 6.45) is 3.53. The predicted octanol–water partition coefficient (Wildman–Crippen LogP) is 12.1. The first kappa shape index (κ1) is 33.5. The maximum Gasteiger partial charge on any atom is 0.134 e. The topological polar surface area (TPSA) is 38.9 Å². The van der Waals surface area contributed by atoms with E-state index < -0.39 is 0 Å². The van der Waals surface area contributed by atoms with Crippen molar-refractivity contribution in [2.75, 3.05) is 0 Å². The number of fused-ring (bicyclic) bond motifs is 3. The number of benzene rings is 6. The van der Waals surface area contributed by atoms with Gasteiger partial charge in [-0.1, -0.05) is 108 Å². The van der Waals surface area contributed by atoms with Crippen molar-refractivity contribution in [1.82, 2.24) is 9.97 Å². The molecule has 9 aromatic rings. The van der Waals surface area contributed by atoms with Crippen LogP contribution in [-0.2, 0) is 20.1 Å². The van der Waals surface area contributed by atoms with Gasteiger partial charge in [-0.3, -0.25) is 0 Å². The molecule has 0 atom stereocenters. The van der Waals surface area contributed by atoms with Crippen LogP contribution in [0.25, 0.3) is 77.8 Å². The van der Waals surface area contributed by atoms with E-state index in [0.717, 1.165) is 55.5 Å². The molecule has 3 heterocycles. The number of aromatic nitrogens is 2. The third kappa shape index (κ3) is 7.04. The fourth-order valence-corrected chi connectivity index (χ4v) is 6.17. The Balaban J connectivity index is 0.000000265. The molecule has 0 aliphatic rings. The summed E-state index contributed by atoms with van der Waals surface area (Å²) >= 11 is 0. The average Bonchev–Trinajstić information content (AvgIpc) is 3.58. The van der Waals surface area contributed by atoms with Crippen molar-refractivity contribution in [2.24, 2.45) is 0 Å². The summed E-state index contributed by atoms with van der Waals surface area (Å²) < 4.78 is 21.9. The second kappa shape index (κ2) is 15.3. The van der Waals surface area contributed by atoms with Crippen molar-refractivity contribution in [2.45, 2.75) is 0 Å². The summed E-state index contributed by atoms with van der Waals surface area (Å²) in [4.78, 5) is 8.69. The zero-order valence-corrected chi connectivity index (χ0v) is 29.7. The fourth-order valence-electron chi connectivity index (χ4n) is 6.17. The van der Waals surface area contributed by atoms with Gasteiger partial charge in [-0.2, -0.15) is 0 Å². The summed E-state index contributed by atoms with van der Waals surface area (Å²) in [5, 5.41) is 1.77. The van der Waals surface area contributed by atoms with E-state index in [4.69, 9.17) is 4.42 Å². The minimum Gasteiger partial charge on any atom is -0.500 e. The van der Waals surface area contributed by atoms with E-state index in [1.54, 1.807) is 18.5 Å². The van der Waals surface area contributed by atoms with Crippen LogP contribution in [0.1, 0.15) is 0 Å². The third-order valence-electron chi connectivity index (χ3n) is 8.60. The van der Waals surface area contributed by atoms with Crippen molar-refractivity contribution in [1.29, 1.82) is 0 Å². The van der Waals surface area contributed by atoms with Crippen LogP contribution in [0.2, 0.25) is 0 Å². The summed E-state index contributed by atoms with van der Waals surface area (Å²) in [6, 6.07) is 59.6.